The van der Waals surface area contributed by atoms with Crippen molar-refractivity contribution in [2.75, 3.05) is 13.2 Å². The molecule has 0 aliphatic carbocycles. The number of hydrogen-bond acceptors (Lipinski definition) is 6. The van der Waals surface area contributed by atoms with E-state index in [1.54, 1.807) is 20.8 Å². The van der Waals surface area contributed by atoms with E-state index in [9.17, 15) is 9.36 Å². The predicted octanol–water partition coefficient (Wildman–Crippen LogP) is 2.54. The zero-order valence-electron chi connectivity index (χ0n) is 14.6. The van der Waals surface area contributed by atoms with Gasteiger partial charge in [-0.15, -0.1) is 0 Å². The highest BCUT2D eigenvalue weighted by atomic mass is 31.2. The van der Waals surface area contributed by atoms with Crippen molar-refractivity contribution in [1.29, 1.82) is 5.26 Å². The molecule has 26 heavy (non-hydrogen) atoms. The van der Waals surface area contributed by atoms with Gasteiger partial charge < -0.3 is 19.3 Å². The summed E-state index contributed by atoms with van der Waals surface area (Å²) in [7, 11) is -4.63. The molecule has 9 nitrogen and oxygen atoms in total. The minimum absolute atomic E-state index is 0.0916. The Balaban J connectivity index is 2.68. The van der Waals surface area contributed by atoms with Crippen LogP contribution in [-0.2, 0) is 13.8 Å². The zero-order chi connectivity index (χ0) is 19.8. The number of nitriles is 1. The molecule has 0 saturated heterocycles. The third-order valence-corrected chi connectivity index (χ3v) is 3.01. The molecule has 1 rings (SSSR count). The summed E-state index contributed by atoms with van der Waals surface area (Å²) in [5.41, 5.74) is 0.172. The van der Waals surface area contributed by atoms with E-state index in [4.69, 9.17) is 24.5 Å². The van der Waals surface area contributed by atoms with Crippen LogP contribution in [0.25, 0.3) is 6.08 Å². The van der Waals surface area contributed by atoms with E-state index in [2.05, 4.69) is 9.84 Å². The van der Waals surface area contributed by atoms with Crippen LogP contribution in [0.3, 0.4) is 0 Å². The minimum atomic E-state index is -4.63. The van der Waals surface area contributed by atoms with E-state index in [-0.39, 0.29) is 13.2 Å². The van der Waals surface area contributed by atoms with Gasteiger partial charge in [-0.3, -0.25) is 9.79 Å². The quantitative estimate of drug-likeness (QED) is 0.370. The number of rotatable bonds is 7. The van der Waals surface area contributed by atoms with E-state index in [1.807, 2.05) is 6.07 Å². The fourth-order valence-electron chi connectivity index (χ4n) is 1.68. The number of amides is 1. The average Bonchev–Trinajstić information content (AvgIpc) is 2.49. The van der Waals surface area contributed by atoms with Gasteiger partial charge in [0.25, 0.3) is 0 Å². The minimum Gasteiger partial charge on any atom is -0.491 e. The van der Waals surface area contributed by atoms with Gasteiger partial charge in [-0.25, -0.2) is 9.36 Å². The Labute approximate surface area is 151 Å². The maximum Gasteiger partial charge on any atom is 0.524 e. The molecular formula is C16H21N2O7P. The molecule has 0 radical (unpaired) electrons. The summed E-state index contributed by atoms with van der Waals surface area (Å²) in [5.74, 6) is 0.292. The van der Waals surface area contributed by atoms with E-state index in [0.717, 1.165) is 6.26 Å². The lowest BCUT2D eigenvalue weighted by Crippen LogP contribution is -2.34. The molecule has 0 saturated carbocycles. The number of benzene rings is 1. The summed E-state index contributed by atoms with van der Waals surface area (Å²) >= 11 is 0. The third-order valence-electron chi connectivity index (χ3n) is 2.62. The first-order valence-electron chi connectivity index (χ1n) is 7.54. The van der Waals surface area contributed by atoms with Crippen LogP contribution >= 0.6 is 7.82 Å². The Morgan fingerprint density at radius 2 is 2.08 bits per heavy atom. The van der Waals surface area contributed by atoms with Crippen molar-refractivity contribution >= 4 is 20.0 Å². The van der Waals surface area contributed by atoms with Crippen LogP contribution in [0.4, 0.5) is 4.79 Å². The molecule has 10 heteroatoms. The van der Waals surface area contributed by atoms with Crippen molar-refractivity contribution in [2.45, 2.75) is 26.4 Å². The normalized spacial score (nSPS) is 11.7. The number of phosphoric acid groups is 1. The molecule has 0 spiro atoms. The van der Waals surface area contributed by atoms with Crippen LogP contribution < -0.4 is 10.1 Å². The van der Waals surface area contributed by atoms with Crippen molar-refractivity contribution in [1.82, 2.24) is 5.32 Å². The topological polar surface area (TPSA) is 138 Å². The van der Waals surface area contributed by atoms with Crippen molar-refractivity contribution < 1.29 is 33.1 Å². The first-order chi connectivity index (χ1) is 12.0. The van der Waals surface area contributed by atoms with Crippen LogP contribution in [-0.4, -0.2) is 34.6 Å². The van der Waals surface area contributed by atoms with Crippen LogP contribution in [0.5, 0.6) is 5.75 Å². The van der Waals surface area contributed by atoms with Gasteiger partial charge in [0.05, 0.1) is 24.4 Å². The molecule has 0 unspecified atom stereocenters. The van der Waals surface area contributed by atoms with E-state index >= 15 is 0 Å². The van der Waals surface area contributed by atoms with Gasteiger partial charge in [-0.2, -0.15) is 5.26 Å². The van der Waals surface area contributed by atoms with Gasteiger partial charge in [-0.05, 0) is 45.0 Å². The number of hydrogen-bond donors (Lipinski definition) is 3. The van der Waals surface area contributed by atoms with Gasteiger partial charge in [0, 0.05) is 5.56 Å². The highest BCUT2D eigenvalue weighted by Gasteiger charge is 2.15. The van der Waals surface area contributed by atoms with Gasteiger partial charge in [-0.1, -0.05) is 0 Å². The number of ether oxygens (including phenoxy) is 2. The molecule has 0 aliphatic heterocycles. The average molecular weight is 384 g/mol. The lowest BCUT2D eigenvalue weighted by molar-refractivity contribution is 0.0520. The summed E-state index contributed by atoms with van der Waals surface area (Å²) in [5, 5.41) is 11.5. The SMILES string of the molecule is CC(C)(C)OC(=O)NCCOc1cc(C#N)ccc1/C=C/OP(=O)(O)O. The van der Waals surface area contributed by atoms with Gasteiger partial charge in [0.2, 0.25) is 0 Å². The monoisotopic (exact) mass is 384 g/mol. The van der Waals surface area contributed by atoms with Crippen LogP contribution in [0.2, 0.25) is 0 Å². The Morgan fingerprint density at radius 3 is 2.65 bits per heavy atom. The second kappa shape index (κ2) is 9.25. The summed E-state index contributed by atoms with van der Waals surface area (Å²) in [6.45, 7) is 5.49. The fourth-order valence-corrected chi connectivity index (χ4v) is 1.90. The number of nitrogens with zero attached hydrogens (tertiary/aromatic N) is 1. The summed E-state index contributed by atoms with van der Waals surface area (Å²) < 4.78 is 25.5. The van der Waals surface area contributed by atoms with Crippen molar-refractivity contribution in [3.05, 3.63) is 35.6 Å². The largest absolute Gasteiger partial charge is 0.524 e. The smallest absolute Gasteiger partial charge is 0.491 e. The summed E-state index contributed by atoms with van der Waals surface area (Å²) in [4.78, 5) is 28.9. The van der Waals surface area contributed by atoms with E-state index in [1.165, 1.54) is 24.3 Å². The van der Waals surface area contributed by atoms with Gasteiger partial charge in [0.1, 0.15) is 18.0 Å². The first kappa shape index (κ1) is 21.5. The summed E-state index contributed by atoms with van der Waals surface area (Å²) in [6, 6.07) is 6.48. The molecular weight excluding hydrogens is 363 g/mol. The molecule has 0 atom stereocenters. The highest BCUT2D eigenvalue weighted by Crippen LogP contribution is 2.36. The van der Waals surface area contributed by atoms with Gasteiger partial charge in [0.15, 0.2) is 0 Å². The highest BCUT2D eigenvalue weighted by molar-refractivity contribution is 7.46. The second-order valence-corrected chi connectivity index (χ2v) is 7.23. The number of alkyl carbamates (subject to hydrolysis) is 1. The standard InChI is InChI=1S/C16H21N2O7P/c1-16(2,3)25-15(19)18-7-9-23-14-10-12(11-17)4-5-13(14)6-8-24-26(20,21)22/h4-6,8,10H,7,9H2,1-3H3,(H,18,19)(H2,20,21,22)/b8-6+. The number of carbonyl (C=O) groups excluding carboxylic acids is 1. The Kier molecular flexibility index (Phi) is 7.65. The molecule has 1 aromatic rings. The van der Waals surface area contributed by atoms with Crippen LogP contribution in [0, 0.1) is 11.3 Å². The summed E-state index contributed by atoms with van der Waals surface area (Å²) in [6.07, 6.45) is 1.55. The maximum absolute atomic E-state index is 11.5. The van der Waals surface area contributed by atoms with Gasteiger partial charge >= 0.3 is 13.9 Å². The Bertz CT molecular complexity index is 744. The molecule has 1 aromatic carbocycles. The van der Waals surface area contributed by atoms with E-state index in [0.29, 0.717) is 16.9 Å². The molecule has 0 fully saturated rings. The van der Waals surface area contributed by atoms with E-state index < -0.39 is 19.5 Å². The van der Waals surface area contributed by atoms with Crippen molar-refractivity contribution in [3.8, 4) is 11.8 Å². The van der Waals surface area contributed by atoms with Crippen LogP contribution in [0.15, 0.2) is 24.5 Å². The predicted molar refractivity (Wildman–Crippen MR) is 93.1 cm³/mol. The zero-order valence-corrected chi connectivity index (χ0v) is 15.5. The maximum atomic E-state index is 11.5. The third kappa shape index (κ3) is 9.08. The number of nitrogens with one attached hydrogen (secondary N) is 1. The van der Waals surface area contributed by atoms with Crippen molar-refractivity contribution in [3.63, 3.8) is 0 Å². The Hall–Kier alpha value is -2.53. The van der Waals surface area contributed by atoms with Crippen molar-refractivity contribution in [2.24, 2.45) is 0 Å². The lowest BCUT2D eigenvalue weighted by atomic mass is 10.1. The molecule has 0 aromatic heterocycles. The lowest BCUT2D eigenvalue weighted by Gasteiger charge is -2.19. The first-order valence-corrected chi connectivity index (χ1v) is 9.07. The second-order valence-electron chi connectivity index (χ2n) is 6.04. The molecule has 3 N–H and O–H groups in total. The molecule has 142 valence electrons. The molecule has 0 bridgehead atoms. The Morgan fingerprint density at radius 1 is 1.38 bits per heavy atom. The molecule has 0 aliphatic rings. The van der Waals surface area contributed by atoms with Crippen LogP contribution in [0.1, 0.15) is 31.9 Å². The molecule has 0 heterocycles. The molecule has 1 amide bonds. The number of phosphoric ester groups is 1. The number of carbonyl (C=O) groups is 1. The fraction of sp³-hybridized carbons (Fsp3) is 0.375.